The zero-order valence-corrected chi connectivity index (χ0v) is 18.6. The lowest BCUT2D eigenvalue weighted by atomic mass is 10.2. The molecule has 0 atom stereocenters. The lowest BCUT2D eigenvalue weighted by Gasteiger charge is -2.11. The van der Waals surface area contributed by atoms with E-state index < -0.39 is 0 Å². The minimum absolute atomic E-state index is 0.580. The van der Waals surface area contributed by atoms with Crippen LogP contribution in [0.15, 0.2) is 95.4 Å². The van der Waals surface area contributed by atoms with Crippen LogP contribution in [0.2, 0.25) is 0 Å². The Morgan fingerprint density at radius 3 is 2.44 bits per heavy atom. The van der Waals surface area contributed by atoms with Crippen molar-refractivity contribution in [2.75, 3.05) is 13.7 Å². The standard InChI is InChI=1S/C25H24N4O2S/c1-30-24-16-22(12-13-23(24)31-15-14-20-8-4-2-5-9-20)17-27-29-19-26-28-25(29)32-18-21-10-6-3-7-11-21/h2-13,16-17,19H,14-15,18H2,1H3. The number of aromatic nitrogens is 3. The second-order valence-corrected chi connectivity index (χ2v) is 7.91. The highest BCUT2D eigenvalue weighted by atomic mass is 32.2. The van der Waals surface area contributed by atoms with E-state index in [-0.39, 0.29) is 0 Å². The van der Waals surface area contributed by atoms with E-state index in [9.17, 15) is 0 Å². The van der Waals surface area contributed by atoms with Crippen molar-refractivity contribution >= 4 is 18.0 Å². The lowest BCUT2D eigenvalue weighted by molar-refractivity contribution is 0.297. The summed E-state index contributed by atoms with van der Waals surface area (Å²) in [6, 6.07) is 26.3. The van der Waals surface area contributed by atoms with Crippen LogP contribution >= 0.6 is 11.8 Å². The van der Waals surface area contributed by atoms with Crippen LogP contribution in [0.1, 0.15) is 16.7 Å². The van der Waals surface area contributed by atoms with Gasteiger partial charge in [0.1, 0.15) is 6.33 Å². The molecule has 162 valence electrons. The largest absolute Gasteiger partial charge is 0.493 e. The van der Waals surface area contributed by atoms with Crippen molar-refractivity contribution in [3.05, 3.63) is 102 Å². The maximum Gasteiger partial charge on any atom is 0.212 e. The normalized spacial score (nSPS) is 11.0. The van der Waals surface area contributed by atoms with Gasteiger partial charge in [0.05, 0.1) is 19.9 Å². The number of thioether (sulfide) groups is 1. The van der Waals surface area contributed by atoms with Crippen LogP contribution in [0.4, 0.5) is 0 Å². The molecule has 4 aromatic rings. The third-order valence-electron chi connectivity index (χ3n) is 4.72. The Morgan fingerprint density at radius 2 is 1.69 bits per heavy atom. The van der Waals surface area contributed by atoms with Crippen LogP contribution in [-0.4, -0.2) is 34.8 Å². The van der Waals surface area contributed by atoms with Crippen molar-refractivity contribution in [2.45, 2.75) is 17.3 Å². The fraction of sp³-hybridized carbons (Fsp3) is 0.160. The van der Waals surface area contributed by atoms with Gasteiger partial charge in [0.2, 0.25) is 5.16 Å². The number of methoxy groups -OCH3 is 1. The summed E-state index contributed by atoms with van der Waals surface area (Å²) in [6.45, 7) is 0.580. The molecule has 0 aliphatic heterocycles. The summed E-state index contributed by atoms with van der Waals surface area (Å²) >= 11 is 1.59. The SMILES string of the molecule is COc1cc(C=Nn2cnnc2SCc2ccccc2)ccc1OCCc1ccccc1. The van der Waals surface area contributed by atoms with E-state index in [1.54, 1.807) is 36.1 Å². The molecule has 0 spiro atoms. The summed E-state index contributed by atoms with van der Waals surface area (Å²) in [5.41, 5.74) is 3.36. The van der Waals surface area contributed by atoms with Gasteiger partial charge >= 0.3 is 0 Å². The number of ether oxygens (including phenoxy) is 2. The minimum atomic E-state index is 0.580. The Balaban J connectivity index is 1.37. The van der Waals surface area contributed by atoms with Crippen molar-refractivity contribution in [1.82, 2.24) is 14.9 Å². The highest BCUT2D eigenvalue weighted by molar-refractivity contribution is 7.98. The van der Waals surface area contributed by atoms with Crippen molar-refractivity contribution in [3.63, 3.8) is 0 Å². The topological polar surface area (TPSA) is 61.5 Å². The zero-order valence-electron chi connectivity index (χ0n) is 17.8. The van der Waals surface area contributed by atoms with Crippen LogP contribution in [-0.2, 0) is 12.2 Å². The maximum absolute atomic E-state index is 5.93. The van der Waals surface area contributed by atoms with Gasteiger partial charge in [-0.05, 0) is 34.9 Å². The second-order valence-electron chi connectivity index (χ2n) is 6.97. The summed E-state index contributed by atoms with van der Waals surface area (Å²) in [6.07, 6.45) is 4.19. The molecule has 0 aliphatic rings. The van der Waals surface area contributed by atoms with Gasteiger partial charge in [-0.2, -0.15) is 9.78 Å². The molecule has 0 saturated heterocycles. The molecule has 0 aliphatic carbocycles. The van der Waals surface area contributed by atoms with E-state index >= 15 is 0 Å². The Morgan fingerprint density at radius 1 is 0.938 bits per heavy atom. The number of hydrogen-bond donors (Lipinski definition) is 0. The van der Waals surface area contributed by atoms with Gasteiger partial charge < -0.3 is 9.47 Å². The predicted molar refractivity (Wildman–Crippen MR) is 128 cm³/mol. The first kappa shape index (κ1) is 21.6. The first-order chi connectivity index (χ1) is 15.8. The molecule has 0 radical (unpaired) electrons. The number of rotatable bonds is 10. The molecule has 7 heteroatoms. The molecule has 1 aromatic heterocycles. The van der Waals surface area contributed by atoms with Gasteiger partial charge in [0, 0.05) is 12.2 Å². The second kappa shape index (κ2) is 11.2. The molecule has 3 aromatic carbocycles. The molecule has 1 heterocycles. The molecule has 4 rings (SSSR count). The van der Waals surface area contributed by atoms with Gasteiger partial charge in [0.25, 0.3) is 0 Å². The first-order valence-corrected chi connectivity index (χ1v) is 11.3. The van der Waals surface area contributed by atoms with Gasteiger partial charge in [-0.3, -0.25) is 0 Å². The van der Waals surface area contributed by atoms with E-state index in [1.807, 2.05) is 54.6 Å². The minimum Gasteiger partial charge on any atom is -0.493 e. The third kappa shape index (κ3) is 5.98. The van der Waals surface area contributed by atoms with Gasteiger partial charge in [-0.15, -0.1) is 10.2 Å². The summed E-state index contributed by atoms with van der Waals surface area (Å²) in [7, 11) is 1.64. The van der Waals surface area contributed by atoms with E-state index in [0.717, 1.165) is 22.9 Å². The predicted octanol–water partition coefficient (Wildman–Crippen LogP) is 5.08. The van der Waals surface area contributed by atoms with Crippen LogP contribution in [0.3, 0.4) is 0 Å². The quantitative estimate of drug-likeness (QED) is 0.252. The molecular formula is C25H24N4O2S. The molecular weight excluding hydrogens is 420 g/mol. The average Bonchev–Trinajstić information content (AvgIpc) is 3.30. The Bertz CT molecular complexity index is 1150. The van der Waals surface area contributed by atoms with E-state index in [1.165, 1.54) is 11.1 Å². The highest BCUT2D eigenvalue weighted by Crippen LogP contribution is 2.28. The molecule has 0 bridgehead atoms. The molecule has 0 amide bonds. The van der Waals surface area contributed by atoms with Crippen molar-refractivity contribution < 1.29 is 9.47 Å². The van der Waals surface area contributed by atoms with Gasteiger partial charge in [-0.1, -0.05) is 72.4 Å². The van der Waals surface area contributed by atoms with E-state index in [2.05, 4.69) is 39.6 Å². The maximum atomic E-state index is 5.93. The molecule has 0 fully saturated rings. The first-order valence-electron chi connectivity index (χ1n) is 10.3. The summed E-state index contributed by atoms with van der Waals surface area (Å²) in [4.78, 5) is 0. The van der Waals surface area contributed by atoms with E-state index in [0.29, 0.717) is 18.1 Å². The number of hydrogen-bond acceptors (Lipinski definition) is 6. The third-order valence-corrected chi connectivity index (χ3v) is 5.73. The molecule has 6 nitrogen and oxygen atoms in total. The molecule has 0 N–H and O–H groups in total. The van der Waals surface area contributed by atoms with Crippen molar-refractivity contribution in [2.24, 2.45) is 5.10 Å². The molecule has 0 saturated carbocycles. The number of nitrogens with zero attached hydrogens (tertiary/aromatic N) is 4. The summed E-state index contributed by atoms with van der Waals surface area (Å²) in [5, 5.41) is 13.4. The van der Waals surface area contributed by atoms with Crippen LogP contribution in [0.5, 0.6) is 11.5 Å². The van der Waals surface area contributed by atoms with Crippen molar-refractivity contribution in [1.29, 1.82) is 0 Å². The van der Waals surface area contributed by atoms with Crippen molar-refractivity contribution in [3.8, 4) is 11.5 Å². The Kier molecular flexibility index (Phi) is 7.55. The fourth-order valence-electron chi connectivity index (χ4n) is 3.05. The smallest absolute Gasteiger partial charge is 0.212 e. The Labute approximate surface area is 191 Å². The zero-order chi connectivity index (χ0) is 22.0. The monoisotopic (exact) mass is 444 g/mol. The summed E-state index contributed by atoms with van der Waals surface area (Å²) < 4.78 is 13.1. The Hall–Kier alpha value is -3.58. The van der Waals surface area contributed by atoms with Crippen LogP contribution in [0.25, 0.3) is 0 Å². The fourth-order valence-corrected chi connectivity index (χ4v) is 3.87. The molecule has 32 heavy (non-hydrogen) atoms. The highest BCUT2D eigenvalue weighted by Gasteiger charge is 2.07. The average molecular weight is 445 g/mol. The lowest BCUT2D eigenvalue weighted by Crippen LogP contribution is -2.03. The summed E-state index contributed by atoms with van der Waals surface area (Å²) in [5.74, 6) is 2.19. The van der Waals surface area contributed by atoms with Crippen LogP contribution in [0, 0.1) is 0 Å². The number of benzene rings is 3. The molecule has 0 unspecified atom stereocenters. The van der Waals surface area contributed by atoms with Crippen LogP contribution < -0.4 is 9.47 Å². The van der Waals surface area contributed by atoms with Gasteiger partial charge in [-0.25, -0.2) is 0 Å². The van der Waals surface area contributed by atoms with Gasteiger partial charge in [0.15, 0.2) is 11.5 Å². The van der Waals surface area contributed by atoms with E-state index in [4.69, 9.17) is 9.47 Å².